The summed E-state index contributed by atoms with van der Waals surface area (Å²) in [5.41, 5.74) is 4.19. The van der Waals surface area contributed by atoms with Crippen molar-refractivity contribution in [1.82, 2.24) is 9.97 Å². The van der Waals surface area contributed by atoms with E-state index in [4.69, 9.17) is 0 Å². The van der Waals surface area contributed by atoms with E-state index in [2.05, 4.69) is 22.2 Å². The van der Waals surface area contributed by atoms with Crippen LogP contribution in [0, 0.1) is 20.8 Å². The van der Waals surface area contributed by atoms with Crippen molar-refractivity contribution in [3.05, 3.63) is 47.4 Å². The zero-order valence-electron chi connectivity index (χ0n) is 12.5. The Hall–Kier alpha value is -1.88. The Balaban J connectivity index is 1.81. The molecule has 1 amide bonds. The van der Waals surface area contributed by atoms with Gasteiger partial charge in [-0.05, 0) is 50.1 Å². The largest absolute Gasteiger partial charge is 0.326 e. The zero-order valence-corrected chi connectivity index (χ0v) is 13.3. The van der Waals surface area contributed by atoms with Gasteiger partial charge in [0.2, 0.25) is 5.91 Å². The summed E-state index contributed by atoms with van der Waals surface area (Å²) in [7, 11) is 0. The van der Waals surface area contributed by atoms with Gasteiger partial charge in [0.05, 0.1) is 5.03 Å². The van der Waals surface area contributed by atoms with Gasteiger partial charge in [-0.25, -0.2) is 9.97 Å². The number of nitrogens with zero attached hydrogens (tertiary/aromatic N) is 2. The lowest BCUT2D eigenvalue weighted by Crippen LogP contribution is -2.12. The van der Waals surface area contributed by atoms with Crippen molar-refractivity contribution in [1.29, 1.82) is 0 Å². The lowest BCUT2D eigenvalue weighted by atomic mass is 10.1. The van der Waals surface area contributed by atoms with Gasteiger partial charge in [-0.15, -0.1) is 11.8 Å². The Morgan fingerprint density at radius 3 is 2.67 bits per heavy atom. The van der Waals surface area contributed by atoms with Crippen LogP contribution in [0.1, 0.15) is 23.2 Å². The number of hydrogen-bond donors (Lipinski definition) is 1. The topological polar surface area (TPSA) is 54.9 Å². The Morgan fingerprint density at radius 1 is 1.14 bits per heavy atom. The van der Waals surface area contributed by atoms with Crippen LogP contribution in [0.4, 0.5) is 5.69 Å². The molecule has 0 saturated carbocycles. The average Bonchev–Trinajstić information content (AvgIpc) is 2.43. The number of nitrogens with one attached hydrogen (secondary N) is 1. The first-order valence-corrected chi connectivity index (χ1v) is 7.82. The molecule has 1 aromatic carbocycles. The van der Waals surface area contributed by atoms with Crippen molar-refractivity contribution in [2.75, 3.05) is 11.1 Å². The third-order valence-corrected chi connectivity index (χ3v) is 4.08. The second kappa shape index (κ2) is 7.22. The summed E-state index contributed by atoms with van der Waals surface area (Å²) in [6.07, 6.45) is 2.01. The van der Waals surface area contributed by atoms with Crippen LogP contribution in [0.3, 0.4) is 0 Å². The fourth-order valence-corrected chi connectivity index (χ4v) is 2.67. The van der Waals surface area contributed by atoms with E-state index in [1.165, 1.54) is 11.1 Å². The number of amides is 1. The predicted molar refractivity (Wildman–Crippen MR) is 86.7 cm³/mol. The molecular formula is C16H19N3OS. The zero-order chi connectivity index (χ0) is 15.2. The third kappa shape index (κ3) is 4.86. The molecule has 5 heteroatoms. The van der Waals surface area contributed by atoms with Crippen molar-refractivity contribution in [3.63, 3.8) is 0 Å². The molecule has 0 atom stereocenters. The molecule has 0 aliphatic rings. The number of thioether (sulfide) groups is 1. The van der Waals surface area contributed by atoms with Gasteiger partial charge in [-0.2, -0.15) is 0 Å². The maximum Gasteiger partial charge on any atom is 0.225 e. The van der Waals surface area contributed by atoms with E-state index in [-0.39, 0.29) is 5.91 Å². The normalized spacial score (nSPS) is 10.4. The second-order valence-corrected chi connectivity index (χ2v) is 6.06. The van der Waals surface area contributed by atoms with Gasteiger partial charge in [-0.1, -0.05) is 6.07 Å². The number of benzene rings is 1. The van der Waals surface area contributed by atoms with Gasteiger partial charge in [0.15, 0.2) is 0 Å². The smallest absolute Gasteiger partial charge is 0.225 e. The van der Waals surface area contributed by atoms with Crippen LogP contribution in [-0.4, -0.2) is 21.6 Å². The van der Waals surface area contributed by atoms with Gasteiger partial charge in [-0.3, -0.25) is 4.79 Å². The summed E-state index contributed by atoms with van der Waals surface area (Å²) < 4.78 is 0. The Kier molecular flexibility index (Phi) is 5.33. The van der Waals surface area contributed by atoms with Gasteiger partial charge >= 0.3 is 0 Å². The molecule has 1 aromatic heterocycles. The summed E-state index contributed by atoms with van der Waals surface area (Å²) in [5, 5.41) is 3.83. The highest BCUT2D eigenvalue weighted by molar-refractivity contribution is 7.99. The molecule has 0 unspecified atom stereocenters. The lowest BCUT2D eigenvalue weighted by molar-refractivity contribution is -0.115. The van der Waals surface area contributed by atoms with Crippen LogP contribution in [0.5, 0.6) is 0 Å². The summed E-state index contributed by atoms with van der Waals surface area (Å²) in [6.45, 7) is 6.03. The summed E-state index contributed by atoms with van der Waals surface area (Å²) >= 11 is 1.57. The molecule has 0 bridgehead atoms. The molecule has 0 aliphatic heterocycles. The first-order valence-electron chi connectivity index (χ1n) is 6.83. The summed E-state index contributed by atoms with van der Waals surface area (Å²) in [4.78, 5) is 20.1. The second-order valence-electron chi connectivity index (χ2n) is 4.94. The number of carbonyl (C=O) groups is 1. The average molecular weight is 301 g/mol. The molecule has 0 spiro atoms. The molecule has 2 aromatic rings. The molecule has 21 heavy (non-hydrogen) atoms. The minimum Gasteiger partial charge on any atom is -0.326 e. The van der Waals surface area contributed by atoms with Crippen LogP contribution < -0.4 is 5.32 Å². The van der Waals surface area contributed by atoms with Crippen molar-refractivity contribution >= 4 is 23.4 Å². The highest BCUT2D eigenvalue weighted by Crippen LogP contribution is 2.17. The Bertz CT molecular complexity index is 643. The lowest BCUT2D eigenvalue weighted by Gasteiger charge is -2.07. The number of anilines is 1. The SMILES string of the molecule is Cc1cc(SCCC(=O)Nc2ccc(C)c(C)c2)ncn1. The third-order valence-electron chi connectivity index (χ3n) is 3.15. The molecule has 0 saturated heterocycles. The molecule has 0 aliphatic carbocycles. The van der Waals surface area contributed by atoms with Crippen molar-refractivity contribution in [3.8, 4) is 0 Å². The maximum atomic E-state index is 11.9. The number of aromatic nitrogens is 2. The molecular weight excluding hydrogens is 282 g/mol. The van der Waals surface area contributed by atoms with Gasteiger partial charge in [0.25, 0.3) is 0 Å². The Labute approximate surface area is 129 Å². The number of carbonyl (C=O) groups excluding carboxylic acids is 1. The quantitative estimate of drug-likeness (QED) is 0.678. The fourth-order valence-electron chi connectivity index (χ4n) is 1.80. The van der Waals surface area contributed by atoms with E-state index >= 15 is 0 Å². The number of hydrogen-bond acceptors (Lipinski definition) is 4. The molecule has 2 rings (SSSR count). The molecule has 4 nitrogen and oxygen atoms in total. The van der Waals surface area contributed by atoms with Crippen LogP contribution in [0.2, 0.25) is 0 Å². The maximum absolute atomic E-state index is 11.9. The standard InChI is InChI=1S/C16H19N3OS/c1-11-4-5-14(8-12(11)2)19-15(20)6-7-21-16-9-13(3)17-10-18-16/h4-5,8-10H,6-7H2,1-3H3,(H,19,20). The fraction of sp³-hybridized carbons (Fsp3) is 0.312. The van der Waals surface area contributed by atoms with Crippen molar-refractivity contribution < 1.29 is 4.79 Å². The van der Waals surface area contributed by atoms with E-state index in [1.807, 2.05) is 38.1 Å². The molecule has 1 N–H and O–H groups in total. The van der Waals surface area contributed by atoms with E-state index in [1.54, 1.807) is 18.1 Å². The van der Waals surface area contributed by atoms with Crippen LogP contribution in [-0.2, 0) is 4.79 Å². The highest BCUT2D eigenvalue weighted by atomic mass is 32.2. The van der Waals surface area contributed by atoms with Gasteiger partial charge < -0.3 is 5.32 Å². The molecule has 1 heterocycles. The minimum absolute atomic E-state index is 0.0246. The molecule has 110 valence electrons. The number of rotatable bonds is 5. The molecule has 0 radical (unpaired) electrons. The van der Waals surface area contributed by atoms with Gasteiger partial charge in [0.1, 0.15) is 6.33 Å². The number of aryl methyl sites for hydroxylation is 3. The van der Waals surface area contributed by atoms with Crippen LogP contribution in [0.25, 0.3) is 0 Å². The van der Waals surface area contributed by atoms with E-state index in [0.717, 1.165) is 16.4 Å². The van der Waals surface area contributed by atoms with E-state index < -0.39 is 0 Å². The monoisotopic (exact) mass is 301 g/mol. The molecule has 0 fully saturated rings. The first kappa shape index (κ1) is 15.5. The van der Waals surface area contributed by atoms with Gasteiger partial charge in [0, 0.05) is 23.6 Å². The summed E-state index contributed by atoms with van der Waals surface area (Å²) in [6, 6.07) is 7.87. The van der Waals surface area contributed by atoms with E-state index in [0.29, 0.717) is 12.2 Å². The van der Waals surface area contributed by atoms with E-state index in [9.17, 15) is 4.79 Å². The minimum atomic E-state index is 0.0246. The first-order chi connectivity index (χ1) is 10.0. The van der Waals surface area contributed by atoms with Crippen LogP contribution >= 0.6 is 11.8 Å². The van der Waals surface area contributed by atoms with Crippen molar-refractivity contribution in [2.45, 2.75) is 32.2 Å². The highest BCUT2D eigenvalue weighted by Gasteiger charge is 2.05. The Morgan fingerprint density at radius 2 is 1.95 bits per heavy atom. The van der Waals surface area contributed by atoms with Crippen molar-refractivity contribution in [2.24, 2.45) is 0 Å². The predicted octanol–water partition coefficient (Wildman–Crippen LogP) is 3.52. The van der Waals surface area contributed by atoms with Crippen LogP contribution in [0.15, 0.2) is 35.6 Å². The summed E-state index contributed by atoms with van der Waals surface area (Å²) in [5.74, 6) is 0.726.